The van der Waals surface area contributed by atoms with Crippen LogP contribution in [0.4, 0.5) is 11.4 Å². The Hall–Kier alpha value is -4.98. The lowest BCUT2D eigenvalue weighted by Crippen LogP contribution is -2.12. The van der Waals surface area contributed by atoms with E-state index >= 15 is 0 Å². The Kier molecular flexibility index (Phi) is 5.45. The number of aromatic hydroxyl groups is 2. The zero-order chi connectivity index (χ0) is 26.6. The Morgan fingerprint density at radius 2 is 1.24 bits per heavy atom. The van der Waals surface area contributed by atoms with Crippen LogP contribution in [0.5, 0.6) is 23.0 Å². The van der Waals surface area contributed by atoms with Crippen LogP contribution in [0.25, 0.3) is 33.4 Å². The van der Waals surface area contributed by atoms with Gasteiger partial charge in [0.1, 0.15) is 23.0 Å². The number of amides is 2. The number of hydrogen-bond donors (Lipinski definition) is 4. The van der Waals surface area contributed by atoms with Crippen molar-refractivity contribution in [3.63, 3.8) is 0 Å². The molecule has 8 nitrogen and oxygen atoms in total. The van der Waals surface area contributed by atoms with Crippen molar-refractivity contribution in [2.75, 3.05) is 24.9 Å². The van der Waals surface area contributed by atoms with Crippen molar-refractivity contribution in [2.24, 2.45) is 0 Å². The van der Waals surface area contributed by atoms with E-state index in [1.165, 1.54) is 13.2 Å². The number of phenolic OH excluding ortho intramolecular Hbond substituents is 2. The second kappa shape index (κ2) is 8.85. The third-order valence-electron chi connectivity index (χ3n) is 7.00. The molecule has 2 amide bonds. The number of ether oxygens (including phenoxy) is 2. The number of hydrogen-bond acceptors (Lipinski definition) is 6. The summed E-state index contributed by atoms with van der Waals surface area (Å²) in [6, 6.07) is 17.5. The second-order valence-electron chi connectivity index (χ2n) is 9.33. The number of benzene rings is 4. The number of anilines is 2. The van der Waals surface area contributed by atoms with E-state index in [-0.39, 0.29) is 36.2 Å². The molecule has 2 heterocycles. The molecule has 0 radical (unpaired) electrons. The average Bonchev–Trinajstić information content (AvgIpc) is 3.11. The molecule has 0 saturated heterocycles. The molecule has 4 aromatic rings. The fourth-order valence-corrected chi connectivity index (χ4v) is 5.25. The topological polar surface area (TPSA) is 117 Å². The molecule has 0 atom stereocenters. The number of methoxy groups -OCH3 is 2. The monoisotopic (exact) mass is 508 g/mol. The Balaban J connectivity index is 1.59. The molecule has 190 valence electrons. The Bertz CT molecular complexity index is 1660. The highest BCUT2D eigenvalue weighted by molar-refractivity contribution is 6.05. The molecular weight excluding hydrogens is 484 g/mol. The van der Waals surface area contributed by atoms with E-state index in [4.69, 9.17) is 9.47 Å². The van der Waals surface area contributed by atoms with Gasteiger partial charge in [-0.05, 0) is 58.7 Å². The van der Waals surface area contributed by atoms with Gasteiger partial charge in [0.25, 0.3) is 0 Å². The molecule has 0 fully saturated rings. The van der Waals surface area contributed by atoms with Gasteiger partial charge in [-0.2, -0.15) is 0 Å². The Morgan fingerprint density at radius 1 is 0.632 bits per heavy atom. The molecule has 2 aliphatic heterocycles. The fraction of sp³-hybridized carbons (Fsp3) is 0.133. The van der Waals surface area contributed by atoms with Crippen molar-refractivity contribution in [1.82, 2.24) is 0 Å². The number of fused-ring (bicyclic) bond motifs is 6. The van der Waals surface area contributed by atoms with Crippen molar-refractivity contribution in [2.45, 2.75) is 12.8 Å². The van der Waals surface area contributed by atoms with Crippen molar-refractivity contribution in [3.05, 3.63) is 71.8 Å². The van der Waals surface area contributed by atoms with Gasteiger partial charge in [0.15, 0.2) is 0 Å². The van der Waals surface area contributed by atoms with Gasteiger partial charge in [0.2, 0.25) is 11.8 Å². The number of rotatable bonds is 3. The van der Waals surface area contributed by atoms with Gasteiger partial charge in [-0.1, -0.05) is 12.1 Å². The van der Waals surface area contributed by atoms with E-state index in [0.717, 1.165) is 22.3 Å². The van der Waals surface area contributed by atoms with E-state index in [0.29, 0.717) is 45.1 Å². The van der Waals surface area contributed by atoms with Gasteiger partial charge in [0, 0.05) is 34.4 Å². The van der Waals surface area contributed by atoms with E-state index in [1.807, 2.05) is 24.3 Å². The summed E-state index contributed by atoms with van der Waals surface area (Å²) in [5, 5.41) is 27.0. The van der Waals surface area contributed by atoms with Gasteiger partial charge in [-0.3, -0.25) is 9.59 Å². The molecule has 8 heteroatoms. The summed E-state index contributed by atoms with van der Waals surface area (Å²) in [4.78, 5) is 25.2. The van der Waals surface area contributed by atoms with Crippen LogP contribution in [0.2, 0.25) is 0 Å². The number of carbonyl (C=O) groups excluding carboxylic acids is 2. The first-order valence-corrected chi connectivity index (χ1v) is 12.0. The maximum atomic E-state index is 12.7. The largest absolute Gasteiger partial charge is 0.508 e. The normalized spacial score (nSPS) is 13.5. The van der Waals surface area contributed by atoms with E-state index in [9.17, 15) is 19.8 Å². The van der Waals surface area contributed by atoms with E-state index in [2.05, 4.69) is 10.6 Å². The summed E-state index contributed by atoms with van der Waals surface area (Å²) in [7, 11) is 3.11. The van der Waals surface area contributed by atoms with E-state index in [1.54, 1.807) is 37.4 Å². The Labute approximate surface area is 218 Å². The first-order chi connectivity index (χ1) is 18.3. The van der Waals surface area contributed by atoms with Gasteiger partial charge in [-0.15, -0.1) is 0 Å². The molecular formula is C30H24N2O6. The molecule has 0 aliphatic carbocycles. The third kappa shape index (κ3) is 3.87. The lowest BCUT2D eigenvalue weighted by molar-refractivity contribution is -0.116. The molecule has 4 aromatic carbocycles. The first-order valence-electron chi connectivity index (χ1n) is 12.0. The number of carbonyl (C=O) groups is 2. The van der Waals surface area contributed by atoms with Crippen LogP contribution >= 0.6 is 0 Å². The van der Waals surface area contributed by atoms with Crippen molar-refractivity contribution < 1.29 is 29.3 Å². The third-order valence-corrected chi connectivity index (χ3v) is 7.00. The van der Waals surface area contributed by atoms with Crippen molar-refractivity contribution in [3.8, 4) is 56.4 Å². The summed E-state index contributed by atoms with van der Waals surface area (Å²) in [6.07, 6.45) is 0.281. The van der Waals surface area contributed by atoms with Crippen molar-refractivity contribution in [1.29, 1.82) is 0 Å². The fourth-order valence-electron chi connectivity index (χ4n) is 5.25. The van der Waals surface area contributed by atoms with Gasteiger partial charge < -0.3 is 30.3 Å². The van der Waals surface area contributed by atoms with Gasteiger partial charge in [-0.25, -0.2) is 0 Å². The highest BCUT2D eigenvalue weighted by Crippen LogP contribution is 2.48. The quantitative estimate of drug-likeness (QED) is 0.306. The van der Waals surface area contributed by atoms with Crippen molar-refractivity contribution >= 4 is 23.2 Å². The summed E-state index contributed by atoms with van der Waals surface area (Å²) in [5.41, 5.74) is 6.79. The van der Waals surface area contributed by atoms with Crippen LogP contribution in [-0.4, -0.2) is 36.2 Å². The van der Waals surface area contributed by atoms with Crippen LogP contribution in [0.1, 0.15) is 11.1 Å². The number of phenols is 2. The Morgan fingerprint density at radius 3 is 1.89 bits per heavy atom. The minimum absolute atomic E-state index is 0.0443. The van der Waals surface area contributed by atoms with Crippen LogP contribution in [0.3, 0.4) is 0 Å². The molecule has 0 aromatic heterocycles. The van der Waals surface area contributed by atoms with Gasteiger partial charge >= 0.3 is 0 Å². The average molecular weight is 509 g/mol. The smallest absolute Gasteiger partial charge is 0.228 e. The summed E-state index contributed by atoms with van der Waals surface area (Å²) >= 11 is 0. The number of nitrogens with one attached hydrogen (secondary N) is 2. The van der Waals surface area contributed by atoms with Crippen LogP contribution in [0, 0.1) is 0 Å². The lowest BCUT2D eigenvalue weighted by Gasteiger charge is -2.18. The molecule has 0 bridgehead atoms. The summed E-state index contributed by atoms with van der Waals surface area (Å²) in [6.45, 7) is 0. The maximum Gasteiger partial charge on any atom is 0.228 e. The molecule has 6 rings (SSSR count). The van der Waals surface area contributed by atoms with Crippen LogP contribution in [-0.2, 0) is 22.4 Å². The summed E-state index contributed by atoms with van der Waals surface area (Å²) in [5.74, 6) is 0.745. The second-order valence-corrected chi connectivity index (χ2v) is 9.33. The standard InChI is InChI=1S/C30H24N2O6/c1-37-18-4-6-20-16(8-18)10-30(36)32-26-14-28(38-2)24(12-22(20)26)23-11-21-19-5-3-17(33)7-15(19)9-29(35)31-25(21)13-27(23)34/h3-8,11-14,33-34H,9-10H2,1-2H3,(H,31,35)(H,32,36). The zero-order valence-electron chi connectivity index (χ0n) is 20.7. The molecule has 38 heavy (non-hydrogen) atoms. The zero-order valence-corrected chi connectivity index (χ0v) is 20.7. The predicted molar refractivity (Wildman–Crippen MR) is 144 cm³/mol. The summed E-state index contributed by atoms with van der Waals surface area (Å²) < 4.78 is 11.1. The lowest BCUT2D eigenvalue weighted by atomic mass is 9.90. The highest BCUT2D eigenvalue weighted by atomic mass is 16.5. The molecule has 2 aliphatic rings. The van der Waals surface area contributed by atoms with Crippen LogP contribution in [0.15, 0.2) is 60.7 Å². The van der Waals surface area contributed by atoms with Crippen LogP contribution < -0.4 is 20.1 Å². The van der Waals surface area contributed by atoms with Gasteiger partial charge in [0.05, 0.1) is 38.4 Å². The SMILES string of the molecule is COc1ccc2c(c1)CC(=O)Nc1cc(OC)c(-c3cc4c(cc3O)NC(=O)Cc3cc(O)ccc3-4)cc1-2. The minimum atomic E-state index is -0.242. The minimum Gasteiger partial charge on any atom is -0.508 e. The predicted octanol–water partition coefficient (Wildman–Crippen LogP) is 5.11. The molecule has 0 spiro atoms. The molecule has 4 N–H and O–H groups in total. The molecule has 0 unspecified atom stereocenters. The van der Waals surface area contributed by atoms with E-state index < -0.39 is 0 Å². The maximum absolute atomic E-state index is 12.7. The molecule has 0 saturated carbocycles. The highest BCUT2D eigenvalue weighted by Gasteiger charge is 2.26. The first kappa shape index (κ1) is 23.4.